The van der Waals surface area contributed by atoms with E-state index in [1.807, 2.05) is 0 Å². The lowest BCUT2D eigenvalue weighted by Gasteiger charge is -2.19. The van der Waals surface area contributed by atoms with Crippen molar-refractivity contribution in [2.45, 2.75) is 18.9 Å². The molecule has 1 aliphatic rings. The number of carbonyl (C=O) groups excluding carboxylic acids is 2. The third-order valence-corrected chi connectivity index (χ3v) is 3.14. The molecule has 2 amide bonds. The van der Waals surface area contributed by atoms with Gasteiger partial charge in [0.25, 0.3) is 11.8 Å². The third-order valence-electron chi connectivity index (χ3n) is 3.14. The number of carboxylic acid groups (broad SMARTS) is 1. The van der Waals surface area contributed by atoms with Crippen LogP contribution in [0, 0.1) is 0 Å². The van der Waals surface area contributed by atoms with E-state index < -0.39 is 17.9 Å². The first-order valence-electron chi connectivity index (χ1n) is 6.72. The molecule has 0 saturated carbocycles. The minimum atomic E-state index is -1.10. The van der Waals surface area contributed by atoms with Gasteiger partial charge in [0.1, 0.15) is 11.8 Å². The van der Waals surface area contributed by atoms with Gasteiger partial charge in [0.15, 0.2) is 6.61 Å². The molecular weight excluding hydrogens is 288 g/mol. The highest BCUT2D eigenvalue weighted by molar-refractivity contribution is 6.00. The highest BCUT2D eigenvalue weighted by atomic mass is 16.5. The molecule has 0 fully saturated rings. The molecule has 116 valence electrons. The van der Waals surface area contributed by atoms with Crippen LogP contribution in [0.2, 0.25) is 0 Å². The summed E-state index contributed by atoms with van der Waals surface area (Å²) in [5.41, 5.74) is 0.744. The average molecular weight is 304 g/mol. The van der Waals surface area contributed by atoms with Crippen LogP contribution in [0.4, 0.5) is 5.69 Å². The highest BCUT2D eigenvalue weighted by Gasteiger charge is 2.22. The molecule has 1 aliphatic heterocycles. The second-order valence-corrected chi connectivity index (χ2v) is 4.78. The molecular formula is C15H16N2O5. The summed E-state index contributed by atoms with van der Waals surface area (Å²) in [4.78, 5) is 34.4. The second kappa shape index (κ2) is 6.75. The summed E-state index contributed by atoms with van der Waals surface area (Å²) in [7, 11) is 0. The van der Waals surface area contributed by atoms with E-state index in [-0.39, 0.29) is 24.5 Å². The molecule has 7 heteroatoms. The molecule has 0 aliphatic carbocycles. The van der Waals surface area contributed by atoms with Crippen molar-refractivity contribution >= 4 is 23.5 Å². The van der Waals surface area contributed by atoms with Gasteiger partial charge in [-0.1, -0.05) is 6.08 Å². The summed E-state index contributed by atoms with van der Waals surface area (Å²) in [6, 6.07) is 3.52. The van der Waals surface area contributed by atoms with Crippen molar-refractivity contribution in [3.8, 4) is 5.75 Å². The first-order valence-corrected chi connectivity index (χ1v) is 6.72. The molecule has 1 aromatic rings. The topological polar surface area (TPSA) is 105 Å². The summed E-state index contributed by atoms with van der Waals surface area (Å²) in [6.07, 6.45) is 2.34. The van der Waals surface area contributed by atoms with Gasteiger partial charge in [0, 0.05) is 5.56 Å². The quantitative estimate of drug-likeness (QED) is 0.684. The summed E-state index contributed by atoms with van der Waals surface area (Å²) in [5, 5.41) is 14.2. The van der Waals surface area contributed by atoms with Crippen LogP contribution in [0.15, 0.2) is 30.9 Å². The number of aliphatic carboxylic acids is 1. The van der Waals surface area contributed by atoms with Gasteiger partial charge in [0.05, 0.1) is 5.69 Å². The molecule has 1 unspecified atom stereocenters. The van der Waals surface area contributed by atoms with Crippen LogP contribution >= 0.6 is 0 Å². The standard InChI is InChI=1S/C15H16N2O5/c1-2-3-4-11(15(20)21)17-14(19)9-5-6-10-12(7-9)22-8-13(18)16-10/h2,5-7,11H,1,3-4,8H2,(H,16,18)(H,17,19)(H,20,21). The lowest BCUT2D eigenvalue weighted by atomic mass is 10.1. The van der Waals surface area contributed by atoms with Crippen LogP contribution in [0.25, 0.3) is 0 Å². The Morgan fingerprint density at radius 3 is 2.95 bits per heavy atom. The number of benzene rings is 1. The number of carboxylic acids is 1. The van der Waals surface area contributed by atoms with E-state index >= 15 is 0 Å². The number of allylic oxidation sites excluding steroid dienone is 1. The molecule has 0 aromatic heterocycles. The number of fused-ring (bicyclic) bond motifs is 1. The van der Waals surface area contributed by atoms with Crippen LogP contribution in [0.5, 0.6) is 5.75 Å². The van der Waals surface area contributed by atoms with Crippen molar-refractivity contribution in [1.29, 1.82) is 0 Å². The van der Waals surface area contributed by atoms with Crippen LogP contribution in [0.1, 0.15) is 23.2 Å². The van der Waals surface area contributed by atoms with Crippen molar-refractivity contribution < 1.29 is 24.2 Å². The van der Waals surface area contributed by atoms with Gasteiger partial charge in [-0.3, -0.25) is 9.59 Å². The maximum Gasteiger partial charge on any atom is 0.326 e. The van der Waals surface area contributed by atoms with Crippen molar-refractivity contribution in [3.05, 3.63) is 36.4 Å². The predicted molar refractivity (Wildman–Crippen MR) is 78.9 cm³/mol. The van der Waals surface area contributed by atoms with Gasteiger partial charge in [0.2, 0.25) is 0 Å². The maximum atomic E-state index is 12.1. The number of hydrogen-bond acceptors (Lipinski definition) is 4. The van der Waals surface area contributed by atoms with Crippen LogP contribution in [-0.4, -0.2) is 35.5 Å². The van der Waals surface area contributed by atoms with Gasteiger partial charge < -0.3 is 20.5 Å². The summed E-state index contributed by atoms with van der Waals surface area (Å²) < 4.78 is 5.22. The summed E-state index contributed by atoms with van der Waals surface area (Å²) in [5.74, 6) is -1.50. The Morgan fingerprint density at radius 2 is 2.27 bits per heavy atom. The lowest BCUT2D eigenvalue weighted by molar-refractivity contribution is -0.139. The van der Waals surface area contributed by atoms with Crippen molar-refractivity contribution in [1.82, 2.24) is 5.32 Å². The monoisotopic (exact) mass is 304 g/mol. The number of rotatable bonds is 6. The maximum absolute atomic E-state index is 12.1. The minimum absolute atomic E-state index is 0.116. The summed E-state index contributed by atoms with van der Waals surface area (Å²) >= 11 is 0. The smallest absolute Gasteiger partial charge is 0.326 e. The van der Waals surface area contributed by atoms with Gasteiger partial charge in [-0.25, -0.2) is 4.79 Å². The van der Waals surface area contributed by atoms with Crippen molar-refractivity contribution in [2.75, 3.05) is 11.9 Å². The Balaban J connectivity index is 2.10. The molecule has 3 N–H and O–H groups in total. The average Bonchev–Trinajstić information content (AvgIpc) is 2.50. The van der Waals surface area contributed by atoms with Gasteiger partial charge in [-0.2, -0.15) is 0 Å². The van der Waals surface area contributed by atoms with Gasteiger partial charge in [-0.05, 0) is 31.0 Å². The minimum Gasteiger partial charge on any atom is -0.482 e. The van der Waals surface area contributed by atoms with Gasteiger partial charge >= 0.3 is 5.97 Å². The first kappa shape index (κ1) is 15.6. The number of anilines is 1. The van der Waals surface area contributed by atoms with Crippen molar-refractivity contribution in [3.63, 3.8) is 0 Å². The Morgan fingerprint density at radius 1 is 1.50 bits per heavy atom. The number of amides is 2. The van der Waals surface area contributed by atoms with Crippen LogP contribution in [0.3, 0.4) is 0 Å². The fraction of sp³-hybridized carbons (Fsp3) is 0.267. The molecule has 0 saturated heterocycles. The largest absolute Gasteiger partial charge is 0.482 e. The Hall–Kier alpha value is -2.83. The SMILES string of the molecule is C=CCCC(NC(=O)c1ccc2c(c1)OCC(=O)N2)C(=O)O. The zero-order valence-electron chi connectivity index (χ0n) is 11.8. The predicted octanol–water partition coefficient (Wildman–Crippen LogP) is 1.17. The molecule has 0 bridgehead atoms. The fourth-order valence-corrected chi connectivity index (χ4v) is 2.00. The number of nitrogens with one attached hydrogen (secondary N) is 2. The lowest BCUT2D eigenvalue weighted by Crippen LogP contribution is -2.40. The van der Waals surface area contributed by atoms with Crippen molar-refractivity contribution in [2.24, 2.45) is 0 Å². The molecule has 0 spiro atoms. The molecule has 1 aromatic carbocycles. The normalized spacial score (nSPS) is 14.1. The van der Waals surface area contributed by atoms with E-state index in [9.17, 15) is 14.4 Å². The Labute approximate surface area is 127 Å². The molecule has 2 rings (SSSR count). The number of carbonyl (C=O) groups is 3. The second-order valence-electron chi connectivity index (χ2n) is 4.78. The summed E-state index contributed by atoms with van der Waals surface area (Å²) in [6.45, 7) is 3.41. The van der Waals surface area contributed by atoms with E-state index in [2.05, 4.69) is 17.2 Å². The molecule has 7 nitrogen and oxygen atoms in total. The van der Waals surface area contributed by atoms with E-state index in [1.54, 1.807) is 12.1 Å². The first-order chi connectivity index (χ1) is 10.5. The van der Waals surface area contributed by atoms with E-state index in [1.165, 1.54) is 12.1 Å². The van der Waals surface area contributed by atoms with E-state index in [4.69, 9.17) is 9.84 Å². The van der Waals surface area contributed by atoms with Crippen LogP contribution < -0.4 is 15.4 Å². The van der Waals surface area contributed by atoms with E-state index in [0.717, 1.165) is 0 Å². The molecule has 0 radical (unpaired) electrons. The van der Waals surface area contributed by atoms with Gasteiger partial charge in [-0.15, -0.1) is 6.58 Å². The molecule has 1 atom stereocenters. The fourth-order valence-electron chi connectivity index (χ4n) is 2.00. The zero-order chi connectivity index (χ0) is 16.1. The zero-order valence-corrected chi connectivity index (χ0v) is 11.8. The van der Waals surface area contributed by atoms with Crippen LogP contribution in [-0.2, 0) is 9.59 Å². The molecule has 22 heavy (non-hydrogen) atoms. The number of ether oxygens (including phenoxy) is 1. The van der Waals surface area contributed by atoms with E-state index in [0.29, 0.717) is 17.9 Å². The molecule has 1 heterocycles. The Bertz CT molecular complexity index is 626. The highest BCUT2D eigenvalue weighted by Crippen LogP contribution is 2.28. The Kier molecular flexibility index (Phi) is 4.77. The third kappa shape index (κ3) is 3.63. The number of hydrogen-bond donors (Lipinski definition) is 3.